The van der Waals surface area contributed by atoms with Gasteiger partial charge >= 0.3 is 0 Å². The third-order valence-corrected chi connectivity index (χ3v) is 3.68. The van der Waals surface area contributed by atoms with E-state index in [1.807, 2.05) is 43.3 Å². The Morgan fingerprint density at radius 3 is 2.42 bits per heavy atom. The first-order chi connectivity index (χ1) is 8.87. The van der Waals surface area contributed by atoms with Gasteiger partial charge in [0.05, 0.1) is 8.07 Å². The minimum Gasteiger partial charge on any atom is -0.348 e. The summed E-state index contributed by atoms with van der Waals surface area (Å²) in [6.45, 7) is 9.34. The van der Waals surface area contributed by atoms with Gasteiger partial charge in [-0.2, -0.15) is 0 Å². The summed E-state index contributed by atoms with van der Waals surface area (Å²) in [5.41, 5.74) is 4.34. The van der Waals surface area contributed by atoms with E-state index in [2.05, 4.69) is 30.7 Å². The number of hydrogen-bond donors (Lipinski definition) is 1. The van der Waals surface area contributed by atoms with Gasteiger partial charge in [-0.25, -0.2) is 0 Å². The fourth-order valence-corrected chi connectivity index (χ4v) is 2.24. The molecule has 102 valence electrons. The van der Waals surface area contributed by atoms with Crippen LogP contribution in [0.1, 0.15) is 12.5 Å². The molecular weight excluding hydrogens is 250 g/mol. The highest BCUT2D eigenvalue weighted by molar-refractivity contribution is 6.81. The van der Waals surface area contributed by atoms with Crippen LogP contribution in [-0.2, 0) is 11.3 Å². The molecule has 3 heteroatoms. The quantitative estimate of drug-likeness (QED) is 0.495. The fraction of sp³-hybridized carbons (Fsp3) is 0.312. The van der Waals surface area contributed by atoms with Crippen molar-refractivity contribution < 1.29 is 4.79 Å². The Kier molecular flexibility index (Phi) is 5.77. The second kappa shape index (κ2) is 7.09. The zero-order valence-electron chi connectivity index (χ0n) is 12.2. The summed E-state index contributed by atoms with van der Waals surface area (Å²) < 4.78 is 0. The van der Waals surface area contributed by atoms with Gasteiger partial charge in [-0.1, -0.05) is 61.7 Å². The van der Waals surface area contributed by atoms with Gasteiger partial charge in [0.1, 0.15) is 0 Å². The van der Waals surface area contributed by atoms with Gasteiger partial charge in [0, 0.05) is 12.6 Å². The van der Waals surface area contributed by atoms with Gasteiger partial charge in [-0.3, -0.25) is 4.79 Å². The maximum Gasteiger partial charge on any atom is 0.244 e. The molecule has 0 spiro atoms. The molecule has 1 rings (SSSR count). The monoisotopic (exact) mass is 273 g/mol. The standard InChI is InChI=1S/C16H23NOSi/c1-14(10-11-19(2,3)4)12-16(18)17-13-15-8-6-5-7-9-15/h5-12H,13H2,1-4H3,(H,17,18)/b11-10+,14-12-. The van der Waals surface area contributed by atoms with Gasteiger partial charge in [0.25, 0.3) is 0 Å². The maximum atomic E-state index is 11.7. The first kappa shape index (κ1) is 15.4. The predicted molar refractivity (Wildman–Crippen MR) is 84.5 cm³/mol. The molecule has 0 bridgehead atoms. The van der Waals surface area contributed by atoms with E-state index in [9.17, 15) is 4.79 Å². The number of allylic oxidation sites excluding steroid dienone is 2. The number of carbonyl (C=O) groups excluding carboxylic acids is 1. The first-order valence-corrected chi connectivity index (χ1v) is 10.1. The van der Waals surface area contributed by atoms with Crippen LogP contribution in [0.3, 0.4) is 0 Å². The highest BCUT2D eigenvalue weighted by atomic mass is 28.3. The Morgan fingerprint density at radius 2 is 1.84 bits per heavy atom. The number of benzene rings is 1. The van der Waals surface area contributed by atoms with Crippen molar-refractivity contribution in [1.29, 1.82) is 0 Å². The normalized spacial score (nSPS) is 12.7. The van der Waals surface area contributed by atoms with E-state index in [0.717, 1.165) is 11.1 Å². The smallest absolute Gasteiger partial charge is 0.244 e. The van der Waals surface area contributed by atoms with Crippen molar-refractivity contribution in [3.8, 4) is 0 Å². The van der Waals surface area contributed by atoms with Gasteiger partial charge in [0.2, 0.25) is 5.91 Å². The van der Waals surface area contributed by atoms with E-state index in [0.29, 0.717) is 6.54 Å². The van der Waals surface area contributed by atoms with Crippen molar-refractivity contribution in [2.75, 3.05) is 0 Å². The van der Waals surface area contributed by atoms with E-state index < -0.39 is 8.07 Å². The molecule has 0 aliphatic heterocycles. The minimum atomic E-state index is -1.20. The third-order valence-electron chi connectivity index (χ3n) is 2.51. The molecule has 0 atom stereocenters. The highest BCUT2D eigenvalue weighted by Crippen LogP contribution is 2.05. The Bertz CT molecular complexity index is 469. The number of hydrogen-bond acceptors (Lipinski definition) is 1. The van der Waals surface area contributed by atoms with Crippen molar-refractivity contribution in [3.05, 3.63) is 59.3 Å². The fourth-order valence-electron chi connectivity index (χ4n) is 1.47. The van der Waals surface area contributed by atoms with Crippen molar-refractivity contribution in [3.63, 3.8) is 0 Å². The van der Waals surface area contributed by atoms with E-state index in [1.165, 1.54) is 0 Å². The largest absolute Gasteiger partial charge is 0.348 e. The third kappa shape index (κ3) is 7.42. The van der Waals surface area contributed by atoms with Crippen LogP contribution >= 0.6 is 0 Å². The molecule has 0 heterocycles. The topological polar surface area (TPSA) is 29.1 Å². The summed E-state index contributed by atoms with van der Waals surface area (Å²) in [7, 11) is -1.20. The molecule has 0 aliphatic rings. The molecule has 1 amide bonds. The van der Waals surface area contributed by atoms with E-state index >= 15 is 0 Å². The van der Waals surface area contributed by atoms with Gasteiger partial charge in [0.15, 0.2) is 0 Å². The Balaban J connectivity index is 2.48. The molecule has 0 radical (unpaired) electrons. The van der Waals surface area contributed by atoms with Crippen LogP contribution in [-0.4, -0.2) is 14.0 Å². The lowest BCUT2D eigenvalue weighted by molar-refractivity contribution is -0.116. The van der Waals surface area contributed by atoms with Gasteiger partial charge < -0.3 is 5.32 Å². The van der Waals surface area contributed by atoms with Crippen molar-refractivity contribution in [2.45, 2.75) is 33.1 Å². The molecule has 0 saturated heterocycles. The summed E-state index contributed by atoms with van der Waals surface area (Å²) >= 11 is 0. The maximum absolute atomic E-state index is 11.7. The number of nitrogens with one attached hydrogen (secondary N) is 1. The molecule has 0 aliphatic carbocycles. The van der Waals surface area contributed by atoms with Crippen LogP contribution in [0.15, 0.2) is 53.8 Å². The van der Waals surface area contributed by atoms with Gasteiger partial charge in [-0.15, -0.1) is 0 Å². The molecule has 0 aromatic heterocycles. The lowest BCUT2D eigenvalue weighted by Gasteiger charge is -2.08. The Labute approximate surface area is 117 Å². The Hall–Kier alpha value is -1.61. The molecule has 2 nitrogen and oxygen atoms in total. The second-order valence-electron chi connectivity index (χ2n) is 5.79. The van der Waals surface area contributed by atoms with E-state index in [1.54, 1.807) is 6.08 Å². The summed E-state index contributed by atoms with van der Waals surface area (Å²) in [4.78, 5) is 11.7. The van der Waals surface area contributed by atoms with Crippen LogP contribution in [0.5, 0.6) is 0 Å². The number of rotatable bonds is 5. The molecule has 1 N–H and O–H groups in total. The molecule has 0 fully saturated rings. The summed E-state index contributed by atoms with van der Waals surface area (Å²) in [6.07, 6.45) is 3.70. The van der Waals surface area contributed by atoms with Crippen LogP contribution in [0, 0.1) is 0 Å². The lowest BCUT2D eigenvalue weighted by atomic mass is 10.2. The summed E-state index contributed by atoms with van der Waals surface area (Å²) in [5, 5.41) is 2.89. The van der Waals surface area contributed by atoms with Crippen molar-refractivity contribution in [1.82, 2.24) is 5.32 Å². The average molecular weight is 273 g/mol. The molecule has 19 heavy (non-hydrogen) atoms. The van der Waals surface area contributed by atoms with Crippen LogP contribution in [0.25, 0.3) is 0 Å². The molecule has 0 saturated carbocycles. The van der Waals surface area contributed by atoms with Crippen LogP contribution in [0.2, 0.25) is 19.6 Å². The zero-order valence-corrected chi connectivity index (χ0v) is 13.2. The molecule has 1 aromatic carbocycles. The first-order valence-electron chi connectivity index (χ1n) is 6.56. The van der Waals surface area contributed by atoms with E-state index in [4.69, 9.17) is 0 Å². The average Bonchev–Trinajstić information content (AvgIpc) is 2.34. The second-order valence-corrected chi connectivity index (χ2v) is 10.9. The van der Waals surface area contributed by atoms with Gasteiger partial charge in [-0.05, 0) is 18.1 Å². The Morgan fingerprint density at radius 1 is 1.21 bits per heavy atom. The van der Waals surface area contributed by atoms with Crippen LogP contribution < -0.4 is 5.32 Å². The zero-order chi connectivity index (χ0) is 14.3. The number of carbonyl (C=O) groups is 1. The highest BCUT2D eigenvalue weighted by Gasteiger charge is 2.06. The van der Waals surface area contributed by atoms with Crippen molar-refractivity contribution in [2.24, 2.45) is 0 Å². The van der Waals surface area contributed by atoms with Crippen molar-refractivity contribution >= 4 is 14.0 Å². The SMILES string of the molecule is CC(=C/C(=O)NCc1ccccc1)/C=C/[Si](C)(C)C. The number of amides is 1. The minimum absolute atomic E-state index is 0.0402. The molecule has 1 aromatic rings. The van der Waals surface area contributed by atoms with Crippen LogP contribution in [0.4, 0.5) is 0 Å². The summed E-state index contributed by atoms with van der Waals surface area (Å²) in [5.74, 6) is -0.0402. The predicted octanol–water partition coefficient (Wildman–Crippen LogP) is 3.68. The summed E-state index contributed by atoms with van der Waals surface area (Å²) in [6, 6.07) is 9.92. The molecule has 0 unspecified atom stereocenters. The molecular formula is C16H23NOSi. The van der Waals surface area contributed by atoms with E-state index in [-0.39, 0.29) is 5.91 Å². The lowest BCUT2D eigenvalue weighted by Crippen LogP contribution is -2.20.